The third kappa shape index (κ3) is 4.10. The zero-order valence-corrected chi connectivity index (χ0v) is 20.2. The first kappa shape index (κ1) is 22.2. The summed E-state index contributed by atoms with van der Waals surface area (Å²) in [5, 5.41) is 8.32. The summed E-state index contributed by atoms with van der Waals surface area (Å²) in [6.45, 7) is 2.03. The first-order chi connectivity index (χ1) is 14.5. The molecule has 0 radical (unpaired) electrons. The lowest BCUT2D eigenvalue weighted by molar-refractivity contribution is -0.143. The fraction of sp³-hybridized carbons (Fsp3) is 0.450. The Morgan fingerprint density at radius 3 is 2.55 bits per heavy atom. The highest BCUT2D eigenvalue weighted by atomic mass is 79.9. The Hall–Kier alpha value is -1.98. The minimum absolute atomic E-state index is 0.265. The van der Waals surface area contributed by atoms with Gasteiger partial charge < -0.3 is 15.5 Å². The van der Waals surface area contributed by atoms with Crippen molar-refractivity contribution in [2.45, 2.75) is 25.4 Å². The lowest BCUT2D eigenvalue weighted by Gasteiger charge is -2.26. The van der Waals surface area contributed by atoms with E-state index in [9.17, 15) is 22.8 Å². The van der Waals surface area contributed by atoms with Gasteiger partial charge in [0.25, 0.3) is 5.91 Å². The SMILES string of the molecule is CN1CCC(C)(C(=O)NC2CS(=O)(=O)CC2NC(=O)c2ccc3scc(Br)c3c2)C1=O. The number of carbonyl (C=O) groups is 3. The second kappa shape index (κ2) is 7.86. The minimum atomic E-state index is -3.45. The summed E-state index contributed by atoms with van der Waals surface area (Å²) in [5.41, 5.74) is -0.827. The number of thiophene rings is 1. The second-order valence-electron chi connectivity index (χ2n) is 8.34. The molecule has 3 heterocycles. The summed E-state index contributed by atoms with van der Waals surface area (Å²) in [4.78, 5) is 39.6. The summed E-state index contributed by atoms with van der Waals surface area (Å²) < 4.78 is 26.4. The standard InChI is InChI=1S/C20H22BrN3O5S2/c1-20(5-6-24(2)19(20)27)18(26)23-15-10-31(28,29)9-14(15)22-17(25)11-3-4-16-12(7-11)13(21)8-30-16/h3-4,7-8,14-15H,5-6,9-10H2,1-2H3,(H,22,25)(H,23,26). The van der Waals surface area contributed by atoms with Crippen LogP contribution < -0.4 is 10.6 Å². The zero-order valence-electron chi connectivity index (χ0n) is 17.0. The van der Waals surface area contributed by atoms with E-state index in [1.165, 1.54) is 4.90 Å². The molecule has 2 saturated heterocycles. The Labute approximate surface area is 192 Å². The first-order valence-electron chi connectivity index (χ1n) is 9.75. The molecule has 2 N–H and O–H groups in total. The van der Waals surface area contributed by atoms with Crippen LogP contribution in [0.15, 0.2) is 28.1 Å². The molecule has 1 aromatic carbocycles. The van der Waals surface area contributed by atoms with Crippen LogP contribution in [0.2, 0.25) is 0 Å². The van der Waals surface area contributed by atoms with Crippen molar-refractivity contribution in [3.8, 4) is 0 Å². The van der Waals surface area contributed by atoms with E-state index in [1.807, 2.05) is 11.4 Å². The van der Waals surface area contributed by atoms with Crippen molar-refractivity contribution in [1.82, 2.24) is 15.5 Å². The van der Waals surface area contributed by atoms with Gasteiger partial charge >= 0.3 is 0 Å². The highest BCUT2D eigenvalue weighted by Crippen LogP contribution is 2.32. The van der Waals surface area contributed by atoms with Crippen LogP contribution in [-0.2, 0) is 19.4 Å². The van der Waals surface area contributed by atoms with E-state index in [2.05, 4.69) is 26.6 Å². The zero-order chi connectivity index (χ0) is 22.6. The molecule has 0 bridgehead atoms. The predicted molar refractivity (Wildman–Crippen MR) is 122 cm³/mol. The topological polar surface area (TPSA) is 113 Å². The monoisotopic (exact) mass is 527 g/mol. The van der Waals surface area contributed by atoms with E-state index in [-0.39, 0.29) is 17.4 Å². The Morgan fingerprint density at radius 1 is 1.23 bits per heavy atom. The van der Waals surface area contributed by atoms with Crippen molar-refractivity contribution in [1.29, 1.82) is 0 Å². The quantitative estimate of drug-likeness (QED) is 0.585. The van der Waals surface area contributed by atoms with Crippen LogP contribution in [0.25, 0.3) is 10.1 Å². The normalized spacial score (nSPS) is 27.6. The summed E-state index contributed by atoms with van der Waals surface area (Å²) in [6.07, 6.45) is 0.361. The number of rotatable bonds is 4. The molecular weight excluding hydrogens is 506 g/mol. The number of benzene rings is 1. The van der Waals surface area contributed by atoms with Crippen molar-refractivity contribution in [2.75, 3.05) is 25.1 Å². The van der Waals surface area contributed by atoms with Gasteiger partial charge in [0.15, 0.2) is 9.84 Å². The molecule has 1 aromatic heterocycles. The number of hydrogen-bond acceptors (Lipinski definition) is 6. The maximum atomic E-state index is 12.9. The Bertz CT molecular complexity index is 1190. The highest BCUT2D eigenvalue weighted by Gasteiger charge is 2.49. The van der Waals surface area contributed by atoms with Crippen LogP contribution in [0.5, 0.6) is 0 Å². The van der Waals surface area contributed by atoms with Gasteiger partial charge in [-0.2, -0.15) is 0 Å². The lowest BCUT2D eigenvalue weighted by atomic mass is 9.87. The van der Waals surface area contributed by atoms with Gasteiger partial charge in [0.2, 0.25) is 11.8 Å². The molecule has 166 valence electrons. The largest absolute Gasteiger partial charge is 0.349 e. The number of hydrogen-bond donors (Lipinski definition) is 2. The van der Waals surface area contributed by atoms with Gasteiger partial charge in [-0.15, -0.1) is 11.3 Å². The van der Waals surface area contributed by atoms with Crippen LogP contribution >= 0.6 is 27.3 Å². The van der Waals surface area contributed by atoms with E-state index in [0.717, 1.165) is 14.6 Å². The average Bonchev–Trinajstić information content (AvgIpc) is 3.31. The summed E-state index contributed by atoms with van der Waals surface area (Å²) in [5.74, 6) is -1.76. The van der Waals surface area contributed by atoms with Crippen LogP contribution in [0.1, 0.15) is 23.7 Å². The molecule has 0 saturated carbocycles. The maximum Gasteiger partial charge on any atom is 0.251 e. The molecule has 4 rings (SSSR count). The number of halogens is 1. The van der Waals surface area contributed by atoms with Gasteiger partial charge in [-0.3, -0.25) is 14.4 Å². The number of carbonyl (C=O) groups excluding carboxylic acids is 3. The molecule has 11 heteroatoms. The number of nitrogens with zero attached hydrogens (tertiary/aromatic N) is 1. The fourth-order valence-electron chi connectivity index (χ4n) is 4.08. The van der Waals surface area contributed by atoms with Gasteiger partial charge in [0.05, 0.1) is 23.6 Å². The molecule has 2 aliphatic heterocycles. The average molecular weight is 528 g/mol. The van der Waals surface area contributed by atoms with Gasteiger partial charge in [-0.05, 0) is 47.5 Å². The molecule has 0 aliphatic carbocycles. The van der Waals surface area contributed by atoms with Gasteiger partial charge in [-0.1, -0.05) is 0 Å². The van der Waals surface area contributed by atoms with Gasteiger partial charge in [0.1, 0.15) is 5.41 Å². The van der Waals surface area contributed by atoms with Crippen molar-refractivity contribution in [3.05, 3.63) is 33.6 Å². The molecule has 31 heavy (non-hydrogen) atoms. The van der Waals surface area contributed by atoms with Crippen molar-refractivity contribution in [3.63, 3.8) is 0 Å². The van der Waals surface area contributed by atoms with Gasteiger partial charge in [0, 0.05) is 39.1 Å². The first-order valence-corrected chi connectivity index (χ1v) is 13.2. The van der Waals surface area contributed by atoms with Crippen LogP contribution in [-0.4, -0.2) is 68.2 Å². The number of nitrogens with one attached hydrogen (secondary N) is 2. The van der Waals surface area contributed by atoms with E-state index in [4.69, 9.17) is 0 Å². The summed E-state index contributed by atoms with van der Waals surface area (Å²) in [7, 11) is -1.82. The molecule has 3 amide bonds. The van der Waals surface area contributed by atoms with E-state index in [0.29, 0.717) is 18.5 Å². The molecule has 0 spiro atoms. The van der Waals surface area contributed by atoms with Crippen LogP contribution in [0.4, 0.5) is 0 Å². The Balaban J connectivity index is 1.52. The lowest BCUT2D eigenvalue weighted by Crippen LogP contribution is -2.55. The number of fused-ring (bicyclic) bond motifs is 1. The third-order valence-electron chi connectivity index (χ3n) is 6.04. The molecule has 2 aliphatic rings. The molecular formula is C20H22BrN3O5S2. The number of sulfone groups is 1. The summed E-state index contributed by atoms with van der Waals surface area (Å²) >= 11 is 5.01. The predicted octanol–water partition coefficient (Wildman–Crippen LogP) is 1.54. The Morgan fingerprint density at radius 2 is 1.90 bits per heavy atom. The van der Waals surface area contributed by atoms with Crippen molar-refractivity contribution < 1.29 is 22.8 Å². The maximum absolute atomic E-state index is 12.9. The van der Waals surface area contributed by atoms with E-state index in [1.54, 1.807) is 37.4 Å². The molecule has 8 nitrogen and oxygen atoms in total. The molecule has 2 aromatic rings. The number of amides is 3. The summed E-state index contributed by atoms with van der Waals surface area (Å²) in [6, 6.07) is 3.70. The van der Waals surface area contributed by atoms with Crippen molar-refractivity contribution in [2.24, 2.45) is 5.41 Å². The van der Waals surface area contributed by atoms with Crippen LogP contribution in [0.3, 0.4) is 0 Å². The van der Waals surface area contributed by atoms with Crippen LogP contribution in [0, 0.1) is 5.41 Å². The Kier molecular flexibility index (Phi) is 5.63. The van der Waals surface area contributed by atoms with Crippen molar-refractivity contribution >= 4 is 64.9 Å². The second-order valence-corrected chi connectivity index (χ2v) is 12.3. The number of likely N-dealkylation sites (tertiary alicyclic amines) is 1. The van der Waals surface area contributed by atoms with E-state index < -0.39 is 39.2 Å². The minimum Gasteiger partial charge on any atom is -0.349 e. The smallest absolute Gasteiger partial charge is 0.251 e. The van der Waals surface area contributed by atoms with E-state index >= 15 is 0 Å². The van der Waals surface area contributed by atoms with Gasteiger partial charge in [-0.25, -0.2) is 8.42 Å². The molecule has 3 unspecified atom stereocenters. The highest BCUT2D eigenvalue weighted by molar-refractivity contribution is 9.10. The molecule has 3 atom stereocenters. The molecule has 2 fully saturated rings. The fourth-order valence-corrected chi connectivity index (χ4v) is 7.48. The third-order valence-corrected chi connectivity index (χ3v) is 9.70.